The van der Waals surface area contributed by atoms with Gasteiger partial charge in [-0.3, -0.25) is 0 Å². The minimum Gasteiger partial charge on any atom is -0.508 e. The Hall–Kier alpha value is -2.36. The third-order valence-electron chi connectivity index (χ3n) is 2.66. The maximum Gasteiger partial charge on any atom is 0.338 e. The number of phenols is 1. The van der Waals surface area contributed by atoms with Gasteiger partial charge >= 0.3 is 5.97 Å². The maximum atomic E-state index is 13.7. The van der Waals surface area contributed by atoms with Gasteiger partial charge in [-0.15, -0.1) is 0 Å². The average Bonchev–Trinajstić information content (AvgIpc) is 2.39. The molecule has 2 rings (SSSR count). The number of rotatable bonds is 3. The molecule has 0 amide bonds. The lowest BCUT2D eigenvalue weighted by Gasteiger charge is -2.06. The van der Waals surface area contributed by atoms with Crippen molar-refractivity contribution < 1.29 is 19.0 Å². The number of esters is 1. The van der Waals surface area contributed by atoms with E-state index in [9.17, 15) is 9.18 Å². The van der Waals surface area contributed by atoms with Crippen molar-refractivity contribution in [3.05, 3.63) is 53.8 Å². The van der Waals surface area contributed by atoms with E-state index in [-0.39, 0.29) is 5.75 Å². The Bertz CT molecular complexity index is 591. The SMILES string of the molecule is CCOC(=O)c1ccc(-c2ccc(O)cc2F)cc1. The average molecular weight is 260 g/mol. The molecule has 0 fully saturated rings. The van der Waals surface area contributed by atoms with Crippen molar-refractivity contribution >= 4 is 5.97 Å². The van der Waals surface area contributed by atoms with Gasteiger partial charge in [0.1, 0.15) is 11.6 Å². The molecule has 0 bridgehead atoms. The van der Waals surface area contributed by atoms with Crippen molar-refractivity contribution in [2.75, 3.05) is 6.61 Å². The first-order valence-corrected chi connectivity index (χ1v) is 5.88. The molecule has 19 heavy (non-hydrogen) atoms. The van der Waals surface area contributed by atoms with Crippen LogP contribution in [0.4, 0.5) is 4.39 Å². The summed E-state index contributed by atoms with van der Waals surface area (Å²) in [4.78, 5) is 11.5. The summed E-state index contributed by atoms with van der Waals surface area (Å²) >= 11 is 0. The molecule has 2 aromatic rings. The predicted molar refractivity (Wildman–Crippen MR) is 69.5 cm³/mol. The summed E-state index contributed by atoms with van der Waals surface area (Å²) in [6.07, 6.45) is 0. The fourth-order valence-corrected chi connectivity index (χ4v) is 1.74. The molecular weight excluding hydrogens is 247 g/mol. The van der Waals surface area contributed by atoms with Gasteiger partial charge in [-0.1, -0.05) is 12.1 Å². The molecular formula is C15H13FO3. The van der Waals surface area contributed by atoms with Crippen LogP contribution in [0.3, 0.4) is 0 Å². The molecule has 0 saturated carbocycles. The Balaban J connectivity index is 2.30. The largest absolute Gasteiger partial charge is 0.508 e. The Morgan fingerprint density at radius 3 is 2.47 bits per heavy atom. The molecule has 3 nitrogen and oxygen atoms in total. The summed E-state index contributed by atoms with van der Waals surface area (Å²) in [6, 6.07) is 10.4. The minimum atomic E-state index is -0.510. The normalized spacial score (nSPS) is 10.2. The zero-order valence-electron chi connectivity index (χ0n) is 10.4. The van der Waals surface area contributed by atoms with Crippen LogP contribution in [0.15, 0.2) is 42.5 Å². The monoisotopic (exact) mass is 260 g/mol. The molecule has 0 aliphatic heterocycles. The number of carbonyl (C=O) groups excluding carboxylic acids is 1. The van der Waals surface area contributed by atoms with Crippen molar-refractivity contribution in [1.29, 1.82) is 0 Å². The Kier molecular flexibility index (Phi) is 3.80. The Morgan fingerprint density at radius 2 is 1.89 bits per heavy atom. The molecule has 0 atom stereocenters. The summed E-state index contributed by atoms with van der Waals surface area (Å²) in [7, 11) is 0. The number of benzene rings is 2. The summed E-state index contributed by atoms with van der Waals surface area (Å²) in [5.74, 6) is -1.03. The number of hydrogen-bond acceptors (Lipinski definition) is 3. The van der Waals surface area contributed by atoms with Crippen LogP contribution in [-0.4, -0.2) is 17.7 Å². The van der Waals surface area contributed by atoms with Gasteiger partial charge in [-0.2, -0.15) is 0 Å². The molecule has 0 radical (unpaired) electrons. The smallest absolute Gasteiger partial charge is 0.338 e. The van der Waals surface area contributed by atoms with E-state index < -0.39 is 11.8 Å². The van der Waals surface area contributed by atoms with Gasteiger partial charge in [0.05, 0.1) is 12.2 Å². The first-order chi connectivity index (χ1) is 9.11. The highest BCUT2D eigenvalue weighted by atomic mass is 19.1. The van der Waals surface area contributed by atoms with Crippen LogP contribution in [0.5, 0.6) is 5.75 Å². The number of carbonyl (C=O) groups is 1. The zero-order valence-corrected chi connectivity index (χ0v) is 10.4. The van der Waals surface area contributed by atoms with E-state index in [0.29, 0.717) is 23.3 Å². The molecule has 0 aliphatic rings. The van der Waals surface area contributed by atoms with Crippen LogP contribution in [-0.2, 0) is 4.74 Å². The van der Waals surface area contributed by atoms with Crippen molar-refractivity contribution in [1.82, 2.24) is 0 Å². The molecule has 4 heteroatoms. The van der Waals surface area contributed by atoms with Crippen LogP contribution in [0, 0.1) is 5.82 Å². The van der Waals surface area contributed by atoms with Crippen LogP contribution in [0.1, 0.15) is 17.3 Å². The van der Waals surface area contributed by atoms with E-state index >= 15 is 0 Å². The first kappa shape index (κ1) is 13.1. The summed E-state index contributed by atoms with van der Waals surface area (Å²) in [5.41, 5.74) is 1.42. The van der Waals surface area contributed by atoms with Gasteiger partial charge in [0.25, 0.3) is 0 Å². The van der Waals surface area contributed by atoms with E-state index in [0.717, 1.165) is 6.07 Å². The number of ether oxygens (including phenoxy) is 1. The van der Waals surface area contributed by atoms with Crippen LogP contribution in [0.2, 0.25) is 0 Å². The quantitative estimate of drug-likeness (QED) is 0.860. The third-order valence-corrected chi connectivity index (χ3v) is 2.66. The Labute approximate surface area is 110 Å². The second-order valence-electron chi connectivity index (χ2n) is 3.96. The van der Waals surface area contributed by atoms with E-state index in [1.807, 2.05) is 0 Å². The second kappa shape index (κ2) is 5.52. The minimum absolute atomic E-state index is 0.121. The van der Waals surface area contributed by atoms with E-state index in [4.69, 9.17) is 9.84 Å². The van der Waals surface area contributed by atoms with Crippen LogP contribution in [0.25, 0.3) is 11.1 Å². The highest BCUT2D eigenvalue weighted by Crippen LogP contribution is 2.26. The fraction of sp³-hybridized carbons (Fsp3) is 0.133. The molecule has 98 valence electrons. The molecule has 1 N–H and O–H groups in total. The van der Waals surface area contributed by atoms with Crippen molar-refractivity contribution in [3.8, 4) is 16.9 Å². The lowest BCUT2D eigenvalue weighted by molar-refractivity contribution is 0.0526. The maximum absolute atomic E-state index is 13.7. The highest BCUT2D eigenvalue weighted by molar-refractivity contribution is 5.90. The standard InChI is InChI=1S/C15H13FO3/c1-2-19-15(18)11-5-3-10(4-6-11)13-8-7-12(17)9-14(13)16/h3-9,17H,2H2,1H3. The van der Waals surface area contributed by atoms with Gasteiger partial charge in [0.15, 0.2) is 0 Å². The lowest BCUT2D eigenvalue weighted by Crippen LogP contribution is -2.04. The fourth-order valence-electron chi connectivity index (χ4n) is 1.74. The molecule has 0 saturated heterocycles. The van der Waals surface area contributed by atoms with Crippen LogP contribution < -0.4 is 0 Å². The predicted octanol–water partition coefficient (Wildman–Crippen LogP) is 3.38. The Morgan fingerprint density at radius 1 is 1.21 bits per heavy atom. The third kappa shape index (κ3) is 2.91. The van der Waals surface area contributed by atoms with E-state index in [2.05, 4.69) is 0 Å². The summed E-state index contributed by atoms with van der Waals surface area (Å²) in [6.45, 7) is 2.05. The second-order valence-corrected chi connectivity index (χ2v) is 3.96. The summed E-state index contributed by atoms with van der Waals surface area (Å²) in [5, 5.41) is 9.16. The summed E-state index contributed by atoms with van der Waals surface area (Å²) < 4.78 is 18.5. The molecule has 0 heterocycles. The molecule has 0 spiro atoms. The number of hydrogen-bond donors (Lipinski definition) is 1. The van der Waals surface area contributed by atoms with Crippen molar-refractivity contribution in [3.63, 3.8) is 0 Å². The van der Waals surface area contributed by atoms with Gasteiger partial charge in [0.2, 0.25) is 0 Å². The topological polar surface area (TPSA) is 46.5 Å². The first-order valence-electron chi connectivity index (χ1n) is 5.88. The molecule has 0 aromatic heterocycles. The molecule has 0 unspecified atom stereocenters. The number of halogens is 1. The van der Waals surface area contributed by atoms with Gasteiger partial charge < -0.3 is 9.84 Å². The van der Waals surface area contributed by atoms with Crippen molar-refractivity contribution in [2.45, 2.75) is 6.92 Å². The highest BCUT2D eigenvalue weighted by Gasteiger charge is 2.09. The van der Waals surface area contributed by atoms with Crippen molar-refractivity contribution in [2.24, 2.45) is 0 Å². The van der Waals surface area contributed by atoms with E-state index in [1.54, 1.807) is 31.2 Å². The number of phenolic OH excluding ortho intramolecular Hbond substituents is 1. The van der Waals surface area contributed by atoms with Gasteiger partial charge in [-0.25, -0.2) is 9.18 Å². The van der Waals surface area contributed by atoms with E-state index in [1.165, 1.54) is 12.1 Å². The lowest BCUT2D eigenvalue weighted by atomic mass is 10.0. The van der Waals surface area contributed by atoms with Crippen LogP contribution >= 0.6 is 0 Å². The van der Waals surface area contributed by atoms with Gasteiger partial charge in [-0.05, 0) is 36.8 Å². The molecule has 2 aromatic carbocycles. The number of aromatic hydroxyl groups is 1. The van der Waals surface area contributed by atoms with Gasteiger partial charge in [0, 0.05) is 11.6 Å². The molecule has 0 aliphatic carbocycles. The zero-order chi connectivity index (χ0) is 13.8.